The summed E-state index contributed by atoms with van der Waals surface area (Å²) in [6.07, 6.45) is -0.640. The number of ether oxygens (including phenoxy) is 1. The molecule has 3 atom stereocenters. The number of nitrogens with zero attached hydrogens (tertiary/aromatic N) is 2. The van der Waals surface area contributed by atoms with E-state index in [4.69, 9.17) is 13.1 Å². The molecule has 188 valence electrons. The molecule has 1 amide bonds. The summed E-state index contributed by atoms with van der Waals surface area (Å²) in [4.78, 5) is 28.8. The van der Waals surface area contributed by atoms with Gasteiger partial charge in [0.15, 0.2) is 11.2 Å². The minimum absolute atomic E-state index is 0.0528. The first-order valence-electron chi connectivity index (χ1n) is 8.88. The summed E-state index contributed by atoms with van der Waals surface area (Å²) in [5, 5.41) is 1.95. The van der Waals surface area contributed by atoms with E-state index in [1.807, 2.05) is 0 Å². The quantitative estimate of drug-likeness (QED) is 0.0872. The molecule has 1 heterocycles. The maximum Gasteiger partial charge on any atom is 0.351 e. The van der Waals surface area contributed by atoms with Crippen LogP contribution in [0.5, 0.6) is 0 Å². The number of rotatable bonds is 14. The Bertz CT molecular complexity index is 976. The second kappa shape index (κ2) is 17.8. The van der Waals surface area contributed by atoms with Gasteiger partial charge in [0.25, 0.3) is 5.91 Å². The van der Waals surface area contributed by atoms with Gasteiger partial charge in [-0.1, -0.05) is 34.1 Å². The summed E-state index contributed by atoms with van der Waals surface area (Å²) in [5.41, 5.74) is -0.348. The molecule has 1 N–H and O–H groups in total. The van der Waals surface area contributed by atoms with Crippen molar-refractivity contribution in [3.63, 3.8) is 0 Å². The minimum Gasteiger partial charge on any atom is -0.346 e. The fourth-order valence-corrected chi connectivity index (χ4v) is 8.33. The van der Waals surface area contributed by atoms with Crippen molar-refractivity contribution in [3.8, 4) is 0 Å². The SMILES string of the molecule is O=C(Nc1ccn([C@@H](CF)O[C@H](COSP(I)I)[C@H](Br)OSP(I)I)c(=O)n1)c1ccccc1. The average Bonchev–Trinajstić information content (AvgIpc) is 2.80. The Labute approximate surface area is 266 Å². The van der Waals surface area contributed by atoms with E-state index >= 15 is 0 Å². The van der Waals surface area contributed by atoms with E-state index in [1.54, 1.807) is 30.3 Å². The second-order valence-electron chi connectivity index (χ2n) is 5.89. The van der Waals surface area contributed by atoms with Crippen LogP contribution < -0.4 is 11.0 Å². The number of halogens is 6. The van der Waals surface area contributed by atoms with Gasteiger partial charge in [-0.2, -0.15) is 4.98 Å². The molecule has 0 fully saturated rings. The summed E-state index contributed by atoms with van der Waals surface area (Å²) in [7, 11) is 0. The highest BCUT2D eigenvalue weighted by molar-refractivity contribution is 14.3. The fourth-order valence-electron chi connectivity index (χ4n) is 2.31. The van der Waals surface area contributed by atoms with Crippen LogP contribution in [-0.2, 0) is 13.1 Å². The smallest absolute Gasteiger partial charge is 0.346 e. The predicted molar refractivity (Wildman–Crippen MR) is 178 cm³/mol. The Morgan fingerprint density at radius 3 is 2.44 bits per heavy atom. The van der Waals surface area contributed by atoms with E-state index in [2.05, 4.69) is 114 Å². The Kier molecular flexibility index (Phi) is 17.1. The third-order valence-corrected chi connectivity index (χ3v) is 12.5. The Morgan fingerprint density at radius 2 is 1.85 bits per heavy atom. The van der Waals surface area contributed by atoms with Crippen LogP contribution in [0.2, 0.25) is 0 Å². The zero-order valence-corrected chi connectivity index (χ0v) is 30.2. The maximum atomic E-state index is 14.0. The molecule has 0 radical (unpaired) electrons. The van der Waals surface area contributed by atoms with Crippen molar-refractivity contribution in [1.82, 2.24) is 9.55 Å². The van der Waals surface area contributed by atoms with E-state index in [9.17, 15) is 14.0 Å². The first-order valence-corrected chi connectivity index (χ1v) is 26.3. The molecular weight excluding hydrogens is 1050 g/mol. The number of hydrogen-bond acceptors (Lipinski definition) is 8. The van der Waals surface area contributed by atoms with Gasteiger partial charge in [0.2, 0.25) is 0 Å². The maximum absolute atomic E-state index is 14.0. The highest BCUT2D eigenvalue weighted by Gasteiger charge is 2.28. The van der Waals surface area contributed by atoms with Gasteiger partial charge in [-0.3, -0.25) is 13.5 Å². The first kappa shape index (κ1) is 32.6. The number of anilines is 1. The Balaban J connectivity index is 2.12. The van der Waals surface area contributed by atoms with E-state index < -0.39 is 40.4 Å². The number of amides is 1. The third kappa shape index (κ3) is 12.0. The van der Waals surface area contributed by atoms with E-state index in [-0.39, 0.29) is 12.4 Å². The summed E-state index contributed by atoms with van der Waals surface area (Å²) < 4.78 is 31.3. The Morgan fingerprint density at radius 1 is 1.18 bits per heavy atom. The van der Waals surface area contributed by atoms with Crippen molar-refractivity contribution >= 4 is 144 Å². The molecule has 2 aromatic rings. The molecule has 8 nitrogen and oxygen atoms in total. The molecule has 2 rings (SSSR count). The van der Waals surface area contributed by atoms with Gasteiger partial charge in [0.05, 0.1) is 6.61 Å². The van der Waals surface area contributed by atoms with Crippen LogP contribution in [0.15, 0.2) is 47.4 Å². The molecule has 1 aromatic carbocycles. The molecule has 0 bridgehead atoms. The summed E-state index contributed by atoms with van der Waals surface area (Å²) in [5.74, 6) is -0.358. The number of nitrogens with one attached hydrogen (secondary N) is 1. The zero-order chi connectivity index (χ0) is 25.1. The molecule has 0 aliphatic heterocycles. The molecule has 34 heavy (non-hydrogen) atoms. The van der Waals surface area contributed by atoms with Crippen LogP contribution in [0.4, 0.5) is 10.2 Å². The summed E-state index contributed by atoms with van der Waals surface area (Å²) in [6, 6.07) is 9.93. The molecule has 1 aromatic heterocycles. The standard InChI is InChI=1S/C16H15BrFI4N3O5P2S2/c17-14(30-34-32(21)22)11(9-28-33-31(19)20)29-13(8-18)25-7-6-12(24-16(25)27)23-15(26)10-4-2-1-3-5-10/h1-7,11,13-14H,8-9H2,(H,23,24,26,27)/t11-,13-,14-/m1/s1. The van der Waals surface area contributed by atoms with Gasteiger partial charge in [-0.25, -0.2) is 9.18 Å². The molecule has 0 spiro atoms. The number of benzene rings is 1. The molecule has 0 aliphatic rings. The second-order valence-corrected chi connectivity index (χ2v) is 41.9. The van der Waals surface area contributed by atoms with Gasteiger partial charge in [0, 0.05) is 35.1 Å². The van der Waals surface area contributed by atoms with Crippen LogP contribution >= 0.6 is 132 Å². The van der Waals surface area contributed by atoms with Crippen molar-refractivity contribution in [2.24, 2.45) is 0 Å². The summed E-state index contributed by atoms with van der Waals surface area (Å²) in [6.45, 7) is -0.874. The van der Waals surface area contributed by atoms with E-state index in [0.29, 0.717) is 5.56 Å². The van der Waals surface area contributed by atoms with Gasteiger partial charge in [-0.05, 0) is 106 Å². The van der Waals surface area contributed by atoms with Gasteiger partial charge in [-0.15, -0.1) is 0 Å². The lowest BCUT2D eigenvalue weighted by Gasteiger charge is -2.27. The molecular formula is C16H15BrFI4N3O5P2S2. The zero-order valence-electron chi connectivity index (χ0n) is 16.6. The topological polar surface area (TPSA) is 91.7 Å². The van der Waals surface area contributed by atoms with E-state index in [0.717, 1.165) is 4.57 Å². The number of hydrogen-bond donors (Lipinski definition) is 1. The summed E-state index contributed by atoms with van der Waals surface area (Å²) >= 11 is 15.0. The Hall–Kier alpha value is 2.34. The monoisotopic (exact) mass is 1060 g/mol. The van der Waals surface area contributed by atoms with Crippen LogP contribution in [0, 0.1) is 0 Å². The average molecular weight is 1060 g/mol. The largest absolute Gasteiger partial charge is 0.351 e. The lowest BCUT2D eigenvalue weighted by atomic mass is 10.2. The van der Waals surface area contributed by atoms with Crippen LogP contribution in [-0.4, -0.2) is 39.9 Å². The molecule has 0 unspecified atom stereocenters. The van der Waals surface area contributed by atoms with Gasteiger partial charge >= 0.3 is 5.69 Å². The van der Waals surface area contributed by atoms with Crippen molar-refractivity contribution in [2.45, 2.75) is 17.3 Å². The van der Waals surface area contributed by atoms with Crippen molar-refractivity contribution in [2.75, 3.05) is 18.6 Å². The van der Waals surface area contributed by atoms with Crippen molar-refractivity contribution < 1.29 is 22.3 Å². The molecule has 18 heteroatoms. The van der Waals surface area contributed by atoms with Crippen LogP contribution in [0.3, 0.4) is 0 Å². The normalized spacial score (nSPS) is 14.2. The third-order valence-electron chi connectivity index (χ3n) is 3.71. The minimum atomic E-state index is -1.26. The highest BCUT2D eigenvalue weighted by atomic mass is 127. The predicted octanol–water partition coefficient (Wildman–Crippen LogP) is 8.59. The highest BCUT2D eigenvalue weighted by Crippen LogP contribution is 2.66. The van der Waals surface area contributed by atoms with Gasteiger partial charge < -0.3 is 14.2 Å². The lowest BCUT2D eigenvalue weighted by molar-refractivity contribution is -0.0974. The number of aromatic nitrogens is 2. The van der Waals surface area contributed by atoms with Crippen molar-refractivity contribution in [1.29, 1.82) is 0 Å². The molecule has 0 saturated carbocycles. The first-order chi connectivity index (χ1) is 16.2. The number of alkyl halides is 2. The van der Waals surface area contributed by atoms with Crippen LogP contribution in [0.25, 0.3) is 0 Å². The molecule has 0 saturated heterocycles. The van der Waals surface area contributed by atoms with Gasteiger partial charge in [0.1, 0.15) is 23.4 Å². The lowest BCUT2D eigenvalue weighted by Crippen LogP contribution is -2.37. The van der Waals surface area contributed by atoms with Crippen molar-refractivity contribution in [3.05, 3.63) is 58.6 Å². The van der Waals surface area contributed by atoms with E-state index in [1.165, 1.54) is 35.6 Å². The number of carbonyl (C=O) groups is 1. The fraction of sp³-hybridized carbons (Fsp3) is 0.312. The van der Waals surface area contributed by atoms with Crippen LogP contribution in [0.1, 0.15) is 16.6 Å². The molecule has 0 aliphatic carbocycles. The number of carbonyl (C=O) groups excluding carboxylic acids is 1.